The van der Waals surface area contributed by atoms with Crippen molar-refractivity contribution in [3.8, 4) is 0 Å². The van der Waals surface area contributed by atoms with Crippen molar-refractivity contribution < 1.29 is 22.8 Å². The van der Waals surface area contributed by atoms with Crippen molar-refractivity contribution in [3.05, 3.63) is 42.0 Å². The molecule has 4 nitrogen and oxygen atoms in total. The number of carbonyl (C=O) groups excluding carboxylic acids is 2. The van der Waals surface area contributed by atoms with Crippen molar-refractivity contribution in [2.45, 2.75) is 19.0 Å². The molecule has 0 saturated heterocycles. The Balaban J connectivity index is 2.10. The average Bonchev–Trinajstić information content (AvgIpc) is 2.53. The van der Waals surface area contributed by atoms with E-state index in [-0.39, 0.29) is 17.5 Å². The highest BCUT2D eigenvalue weighted by molar-refractivity contribution is 5.96. The second kappa shape index (κ2) is 7.07. The summed E-state index contributed by atoms with van der Waals surface area (Å²) in [6.07, 6.45) is 0.198. The maximum atomic E-state index is 12.6. The first-order chi connectivity index (χ1) is 11.2. The molecule has 1 N–H and O–H groups in total. The van der Waals surface area contributed by atoms with Crippen LogP contribution in [0.15, 0.2) is 36.4 Å². The fourth-order valence-electron chi connectivity index (χ4n) is 2.69. The van der Waals surface area contributed by atoms with Crippen LogP contribution in [0, 0.1) is 11.8 Å². The van der Waals surface area contributed by atoms with E-state index in [9.17, 15) is 22.8 Å². The molecule has 0 spiro atoms. The Hall–Kier alpha value is -2.31. The summed E-state index contributed by atoms with van der Waals surface area (Å²) in [5, 5.41) is 2.60. The fraction of sp³-hybridized carbons (Fsp3) is 0.412. The van der Waals surface area contributed by atoms with E-state index in [0.717, 1.165) is 12.1 Å². The van der Waals surface area contributed by atoms with E-state index in [0.29, 0.717) is 12.8 Å². The monoisotopic (exact) mass is 340 g/mol. The number of halogens is 3. The Kier molecular flexibility index (Phi) is 5.31. The SMILES string of the molecule is CN(C)C(=O)C1CC=CCC1C(=O)Nc1ccc(C(F)(F)F)cc1. The highest BCUT2D eigenvalue weighted by atomic mass is 19.4. The van der Waals surface area contributed by atoms with Gasteiger partial charge in [0.1, 0.15) is 0 Å². The van der Waals surface area contributed by atoms with E-state index >= 15 is 0 Å². The zero-order valence-electron chi connectivity index (χ0n) is 13.4. The molecule has 0 radical (unpaired) electrons. The van der Waals surface area contributed by atoms with Crippen LogP contribution in [-0.2, 0) is 15.8 Å². The number of nitrogens with zero attached hydrogens (tertiary/aromatic N) is 1. The zero-order chi connectivity index (χ0) is 17.9. The lowest BCUT2D eigenvalue weighted by atomic mass is 9.81. The van der Waals surface area contributed by atoms with Crippen molar-refractivity contribution in [1.29, 1.82) is 0 Å². The predicted octanol–water partition coefficient (Wildman–Crippen LogP) is 3.31. The topological polar surface area (TPSA) is 49.4 Å². The molecule has 0 heterocycles. The van der Waals surface area contributed by atoms with Crippen LogP contribution in [0.2, 0.25) is 0 Å². The van der Waals surface area contributed by atoms with Gasteiger partial charge in [-0.3, -0.25) is 9.59 Å². The number of benzene rings is 1. The largest absolute Gasteiger partial charge is 0.416 e. The van der Waals surface area contributed by atoms with Gasteiger partial charge in [-0.25, -0.2) is 0 Å². The number of amides is 2. The minimum atomic E-state index is -4.42. The third-order valence-electron chi connectivity index (χ3n) is 4.01. The predicted molar refractivity (Wildman–Crippen MR) is 84.1 cm³/mol. The van der Waals surface area contributed by atoms with Gasteiger partial charge in [-0.15, -0.1) is 0 Å². The molecule has 2 atom stereocenters. The molecule has 0 aromatic heterocycles. The molecule has 0 saturated carbocycles. The van der Waals surface area contributed by atoms with Crippen LogP contribution in [0.3, 0.4) is 0 Å². The Bertz CT molecular complexity index is 636. The summed E-state index contributed by atoms with van der Waals surface area (Å²) >= 11 is 0. The van der Waals surface area contributed by atoms with Crippen molar-refractivity contribution in [2.75, 3.05) is 19.4 Å². The number of carbonyl (C=O) groups is 2. The molecule has 1 aliphatic carbocycles. The molecular weight excluding hydrogens is 321 g/mol. The summed E-state index contributed by atoms with van der Waals surface area (Å²) in [6.45, 7) is 0. The van der Waals surface area contributed by atoms with Gasteiger partial charge in [0, 0.05) is 19.8 Å². The molecular formula is C17H19F3N2O2. The normalized spacial score (nSPS) is 20.5. The molecule has 1 aromatic carbocycles. The van der Waals surface area contributed by atoms with Gasteiger partial charge in [-0.05, 0) is 37.1 Å². The molecule has 0 bridgehead atoms. The quantitative estimate of drug-likeness (QED) is 0.858. The van der Waals surface area contributed by atoms with Gasteiger partial charge in [0.05, 0.1) is 17.4 Å². The van der Waals surface area contributed by atoms with E-state index in [4.69, 9.17) is 0 Å². The molecule has 1 aliphatic rings. The number of hydrogen-bond acceptors (Lipinski definition) is 2. The summed E-state index contributed by atoms with van der Waals surface area (Å²) in [5.74, 6) is -1.49. The number of alkyl halides is 3. The van der Waals surface area contributed by atoms with E-state index in [1.165, 1.54) is 17.0 Å². The second-order valence-corrected chi connectivity index (χ2v) is 5.95. The molecule has 24 heavy (non-hydrogen) atoms. The van der Waals surface area contributed by atoms with Crippen LogP contribution in [0.25, 0.3) is 0 Å². The Labute approximate surface area is 138 Å². The summed E-state index contributed by atoms with van der Waals surface area (Å²) < 4.78 is 37.7. The average molecular weight is 340 g/mol. The molecule has 130 valence electrons. The van der Waals surface area contributed by atoms with Crippen LogP contribution in [0.1, 0.15) is 18.4 Å². The van der Waals surface area contributed by atoms with Gasteiger partial charge in [0.25, 0.3) is 0 Å². The van der Waals surface area contributed by atoms with Crippen molar-refractivity contribution >= 4 is 17.5 Å². The Morgan fingerprint density at radius 2 is 1.58 bits per heavy atom. The van der Waals surface area contributed by atoms with Crippen molar-refractivity contribution in [3.63, 3.8) is 0 Å². The van der Waals surface area contributed by atoms with E-state index < -0.39 is 23.6 Å². The zero-order valence-corrected chi connectivity index (χ0v) is 13.4. The van der Waals surface area contributed by atoms with Gasteiger partial charge in [0.15, 0.2) is 0 Å². The van der Waals surface area contributed by atoms with E-state index in [2.05, 4.69) is 5.32 Å². The Morgan fingerprint density at radius 3 is 2.08 bits per heavy atom. The van der Waals surface area contributed by atoms with Gasteiger partial charge in [-0.2, -0.15) is 13.2 Å². The van der Waals surface area contributed by atoms with Crippen molar-refractivity contribution in [2.24, 2.45) is 11.8 Å². The molecule has 2 rings (SSSR count). The first-order valence-electron chi connectivity index (χ1n) is 7.54. The van der Waals surface area contributed by atoms with E-state index in [1.807, 2.05) is 12.2 Å². The van der Waals surface area contributed by atoms with Crippen LogP contribution < -0.4 is 5.32 Å². The standard InChI is InChI=1S/C17H19F3N2O2/c1-22(2)16(24)14-6-4-3-5-13(14)15(23)21-12-9-7-11(8-10-12)17(18,19)20/h3-4,7-10,13-14H,5-6H2,1-2H3,(H,21,23). The summed E-state index contributed by atoms with van der Waals surface area (Å²) in [4.78, 5) is 26.1. The summed E-state index contributed by atoms with van der Waals surface area (Å²) in [6, 6.07) is 4.25. The lowest BCUT2D eigenvalue weighted by Gasteiger charge is -2.28. The third kappa shape index (κ3) is 4.15. The maximum absolute atomic E-state index is 12.6. The first kappa shape index (κ1) is 18.0. The number of hydrogen-bond donors (Lipinski definition) is 1. The number of nitrogens with one attached hydrogen (secondary N) is 1. The summed E-state index contributed by atoms with van der Waals surface area (Å²) in [7, 11) is 3.26. The highest BCUT2D eigenvalue weighted by Crippen LogP contribution is 2.31. The fourth-order valence-corrected chi connectivity index (χ4v) is 2.69. The van der Waals surface area contributed by atoms with Gasteiger partial charge < -0.3 is 10.2 Å². The molecule has 0 aliphatic heterocycles. The molecule has 1 aromatic rings. The van der Waals surface area contributed by atoms with Gasteiger partial charge in [-0.1, -0.05) is 12.2 Å². The van der Waals surface area contributed by atoms with E-state index in [1.54, 1.807) is 14.1 Å². The smallest absolute Gasteiger partial charge is 0.349 e. The first-order valence-corrected chi connectivity index (χ1v) is 7.54. The minimum Gasteiger partial charge on any atom is -0.349 e. The molecule has 7 heteroatoms. The maximum Gasteiger partial charge on any atom is 0.416 e. The second-order valence-electron chi connectivity index (χ2n) is 5.95. The molecule has 2 amide bonds. The highest BCUT2D eigenvalue weighted by Gasteiger charge is 2.35. The van der Waals surface area contributed by atoms with Crippen molar-refractivity contribution in [1.82, 2.24) is 4.90 Å². The lowest BCUT2D eigenvalue weighted by Crippen LogP contribution is -2.40. The number of rotatable bonds is 3. The number of allylic oxidation sites excluding steroid dienone is 2. The van der Waals surface area contributed by atoms with Crippen LogP contribution in [0.4, 0.5) is 18.9 Å². The summed E-state index contributed by atoms with van der Waals surface area (Å²) in [5.41, 5.74) is -0.500. The van der Waals surface area contributed by atoms with Gasteiger partial charge in [0.2, 0.25) is 11.8 Å². The van der Waals surface area contributed by atoms with Crippen LogP contribution in [0.5, 0.6) is 0 Å². The Morgan fingerprint density at radius 1 is 1.04 bits per heavy atom. The van der Waals surface area contributed by atoms with Gasteiger partial charge >= 0.3 is 6.18 Å². The van der Waals surface area contributed by atoms with Crippen LogP contribution >= 0.6 is 0 Å². The molecule has 0 fully saturated rings. The minimum absolute atomic E-state index is 0.132. The number of anilines is 1. The lowest BCUT2D eigenvalue weighted by molar-refractivity contribution is -0.138. The molecule has 2 unspecified atom stereocenters. The van der Waals surface area contributed by atoms with Crippen LogP contribution in [-0.4, -0.2) is 30.8 Å². The third-order valence-corrected chi connectivity index (χ3v) is 4.01.